The molecule has 0 saturated carbocycles. The van der Waals surface area contributed by atoms with Crippen molar-refractivity contribution in [2.45, 2.75) is 6.92 Å². The summed E-state index contributed by atoms with van der Waals surface area (Å²) in [6, 6.07) is 9.03. The number of hydrogen-bond acceptors (Lipinski definition) is 9. The van der Waals surface area contributed by atoms with E-state index in [2.05, 4.69) is 30.2 Å². The smallest absolute Gasteiger partial charge is 0.228 e. The molecule has 3 aromatic heterocycles. The lowest BCUT2D eigenvalue weighted by Gasteiger charge is -2.36. The predicted octanol–water partition coefficient (Wildman–Crippen LogP) is 3.66. The van der Waals surface area contributed by atoms with E-state index in [1.807, 2.05) is 17.0 Å². The number of nitrogens with zero attached hydrogens (tertiary/aromatic N) is 6. The van der Waals surface area contributed by atoms with Gasteiger partial charge in [0.1, 0.15) is 17.2 Å². The Morgan fingerprint density at radius 3 is 2.49 bits per heavy atom. The number of fused-ring (bicyclic) bond motifs is 1. The summed E-state index contributed by atoms with van der Waals surface area (Å²) in [5, 5.41) is 3.12. The van der Waals surface area contributed by atoms with Gasteiger partial charge in [-0.3, -0.25) is 14.8 Å². The number of hydrogen-bond donors (Lipinski definition) is 1. The van der Waals surface area contributed by atoms with E-state index in [1.165, 1.54) is 0 Å². The number of ether oxygens (including phenoxy) is 2. The topological polar surface area (TPSA) is 106 Å². The van der Waals surface area contributed by atoms with Crippen LogP contribution in [0.4, 0.5) is 21.7 Å². The normalized spacial score (nSPS) is 13.5. The van der Waals surface area contributed by atoms with Crippen molar-refractivity contribution in [2.24, 2.45) is 0 Å². The van der Waals surface area contributed by atoms with Crippen LogP contribution in [-0.4, -0.2) is 71.1 Å². The molecule has 4 heterocycles. The Morgan fingerprint density at radius 1 is 0.973 bits per heavy atom. The molecular formula is C26H26FN7O3. The molecule has 0 unspecified atom stereocenters. The number of methoxy groups -OCH3 is 2. The van der Waals surface area contributed by atoms with Crippen molar-refractivity contribution < 1.29 is 18.7 Å². The SMILES string of the molecule is COc1cc(N2CCN(C(C)=O)CC2)c(OC)cc1Nc1ncc(F)c(-c2cnc3cccnc3c2)n1. The Bertz CT molecular complexity index is 1460. The van der Waals surface area contributed by atoms with Crippen LogP contribution in [0.2, 0.25) is 0 Å². The van der Waals surface area contributed by atoms with Gasteiger partial charge in [-0.25, -0.2) is 14.4 Å². The minimum atomic E-state index is -0.577. The zero-order valence-corrected chi connectivity index (χ0v) is 20.7. The van der Waals surface area contributed by atoms with E-state index in [0.29, 0.717) is 60.0 Å². The maximum Gasteiger partial charge on any atom is 0.228 e. The van der Waals surface area contributed by atoms with E-state index in [1.54, 1.807) is 51.7 Å². The summed E-state index contributed by atoms with van der Waals surface area (Å²) in [6.45, 7) is 4.18. The van der Waals surface area contributed by atoms with Crippen LogP contribution in [0.25, 0.3) is 22.3 Å². The van der Waals surface area contributed by atoms with Gasteiger partial charge in [0.2, 0.25) is 11.9 Å². The first kappa shape index (κ1) is 24.2. The summed E-state index contributed by atoms with van der Waals surface area (Å²) in [4.78, 5) is 32.8. The number of halogens is 1. The highest BCUT2D eigenvalue weighted by Gasteiger charge is 2.23. The van der Waals surface area contributed by atoms with E-state index in [9.17, 15) is 9.18 Å². The van der Waals surface area contributed by atoms with E-state index >= 15 is 0 Å². The molecule has 5 rings (SSSR count). The average molecular weight is 504 g/mol. The van der Waals surface area contributed by atoms with Crippen LogP contribution < -0.4 is 19.7 Å². The fourth-order valence-corrected chi connectivity index (χ4v) is 4.32. The molecule has 0 aliphatic carbocycles. The molecular weight excluding hydrogens is 477 g/mol. The van der Waals surface area contributed by atoms with Crippen molar-refractivity contribution in [1.29, 1.82) is 0 Å². The van der Waals surface area contributed by atoms with Gasteiger partial charge < -0.3 is 24.6 Å². The Morgan fingerprint density at radius 2 is 1.76 bits per heavy atom. The number of rotatable bonds is 6. The molecule has 1 aliphatic rings. The Labute approximate surface area is 213 Å². The fraction of sp³-hybridized carbons (Fsp3) is 0.269. The van der Waals surface area contributed by atoms with Crippen molar-refractivity contribution in [3.63, 3.8) is 0 Å². The van der Waals surface area contributed by atoms with Crippen molar-refractivity contribution in [3.8, 4) is 22.8 Å². The Balaban J connectivity index is 1.44. The first-order valence-electron chi connectivity index (χ1n) is 11.7. The van der Waals surface area contributed by atoms with Crippen molar-refractivity contribution in [1.82, 2.24) is 24.8 Å². The van der Waals surface area contributed by atoms with Crippen LogP contribution in [0.3, 0.4) is 0 Å². The van der Waals surface area contributed by atoms with Gasteiger partial charge in [-0.2, -0.15) is 0 Å². The van der Waals surface area contributed by atoms with Gasteiger partial charge in [0.15, 0.2) is 5.82 Å². The Kier molecular flexibility index (Phi) is 6.67. The molecule has 37 heavy (non-hydrogen) atoms. The predicted molar refractivity (Wildman–Crippen MR) is 138 cm³/mol. The monoisotopic (exact) mass is 503 g/mol. The maximum absolute atomic E-state index is 14.7. The summed E-state index contributed by atoms with van der Waals surface area (Å²) in [6.07, 6.45) is 4.33. The molecule has 11 heteroatoms. The van der Waals surface area contributed by atoms with E-state index in [4.69, 9.17) is 9.47 Å². The molecule has 0 radical (unpaired) electrons. The number of carbonyl (C=O) groups excluding carboxylic acids is 1. The number of anilines is 3. The molecule has 1 aliphatic heterocycles. The largest absolute Gasteiger partial charge is 0.494 e. The molecule has 0 spiro atoms. The average Bonchev–Trinajstić information content (AvgIpc) is 2.93. The molecule has 1 saturated heterocycles. The van der Waals surface area contributed by atoms with Gasteiger partial charge in [-0.15, -0.1) is 0 Å². The highest BCUT2D eigenvalue weighted by molar-refractivity contribution is 5.80. The van der Waals surface area contributed by atoms with E-state index in [0.717, 1.165) is 11.9 Å². The molecule has 1 N–H and O–H groups in total. The van der Waals surface area contributed by atoms with Crippen LogP contribution in [0.5, 0.6) is 11.5 Å². The van der Waals surface area contributed by atoms with Crippen LogP contribution in [-0.2, 0) is 4.79 Å². The molecule has 10 nitrogen and oxygen atoms in total. The molecule has 1 fully saturated rings. The van der Waals surface area contributed by atoms with Crippen LogP contribution >= 0.6 is 0 Å². The van der Waals surface area contributed by atoms with Gasteiger partial charge in [-0.05, 0) is 18.2 Å². The van der Waals surface area contributed by atoms with Crippen LogP contribution in [0, 0.1) is 5.82 Å². The molecule has 1 aromatic carbocycles. The van der Waals surface area contributed by atoms with Gasteiger partial charge in [0.25, 0.3) is 0 Å². The lowest BCUT2D eigenvalue weighted by molar-refractivity contribution is -0.129. The summed E-state index contributed by atoms with van der Waals surface area (Å²) < 4.78 is 26.0. The third-order valence-electron chi connectivity index (χ3n) is 6.28. The summed E-state index contributed by atoms with van der Waals surface area (Å²) in [5.41, 5.74) is 3.34. The Hall–Kier alpha value is -4.54. The first-order valence-corrected chi connectivity index (χ1v) is 11.7. The fourth-order valence-electron chi connectivity index (χ4n) is 4.32. The third kappa shape index (κ3) is 4.92. The number of benzene rings is 1. The van der Waals surface area contributed by atoms with E-state index in [-0.39, 0.29) is 17.5 Å². The van der Waals surface area contributed by atoms with Crippen molar-refractivity contribution in [2.75, 3.05) is 50.6 Å². The van der Waals surface area contributed by atoms with Gasteiger partial charge >= 0.3 is 0 Å². The number of amides is 1. The first-order chi connectivity index (χ1) is 18.0. The van der Waals surface area contributed by atoms with Gasteiger partial charge in [-0.1, -0.05) is 0 Å². The quantitative estimate of drug-likeness (QED) is 0.422. The van der Waals surface area contributed by atoms with Crippen LogP contribution in [0.1, 0.15) is 6.92 Å². The highest BCUT2D eigenvalue weighted by Crippen LogP contribution is 2.40. The second-order valence-electron chi connectivity index (χ2n) is 8.50. The number of nitrogens with one attached hydrogen (secondary N) is 1. The molecule has 1 amide bonds. The summed E-state index contributed by atoms with van der Waals surface area (Å²) in [5.74, 6) is 0.827. The lowest BCUT2D eigenvalue weighted by atomic mass is 10.1. The highest BCUT2D eigenvalue weighted by atomic mass is 19.1. The lowest BCUT2D eigenvalue weighted by Crippen LogP contribution is -2.48. The molecule has 0 atom stereocenters. The number of aromatic nitrogens is 4. The number of carbonyl (C=O) groups is 1. The second-order valence-corrected chi connectivity index (χ2v) is 8.50. The standard InChI is InChI=1S/C26H26FN7O3/c1-16(35)33-7-9-34(10-8-33)22-13-23(36-2)21(12-24(22)37-3)31-26-30-15-18(27)25(32-26)17-11-20-19(29-14-17)5-4-6-28-20/h4-6,11-15H,7-10H2,1-3H3,(H,30,31,32). The summed E-state index contributed by atoms with van der Waals surface area (Å²) in [7, 11) is 3.16. The second kappa shape index (κ2) is 10.2. The zero-order valence-electron chi connectivity index (χ0n) is 20.7. The molecule has 0 bridgehead atoms. The summed E-state index contributed by atoms with van der Waals surface area (Å²) >= 11 is 0. The minimum Gasteiger partial charge on any atom is -0.494 e. The molecule has 190 valence electrons. The minimum absolute atomic E-state index is 0.0677. The van der Waals surface area contributed by atoms with Crippen molar-refractivity contribution >= 4 is 34.3 Å². The van der Waals surface area contributed by atoms with Crippen molar-refractivity contribution in [3.05, 3.63) is 54.7 Å². The number of pyridine rings is 2. The zero-order chi connectivity index (χ0) is 25.9. The van der Waals surface area contributed by atoms with Gasteiger partial charge in [0.05, 0.1) is 42.8 Å². The number of piperazine rings is 1. The van der Waals surface area contributed by atoms with Gasteiger partial charge in [0, 0.05) is 63.2 Å². The van der Waals surface area contributed by atoms with E-state index < -0.39 is 5.82 Å². The van der Waals surface area contributed by atoms with Crippen LogP contribution in [0.15, 0.2) is 48.9 Å². The maximum atomic E-state index is 14.7. The third-order valence-corrected chi connectivity index (χ3v) is 6.28. The molecule has 4 aromatic rings.